The van der Waals surface area contributed by atoms with E-state index >= 15 is 0 Å². The smallest absolute Gasteiger partial charge is 0.347 e. The van der Waals surface area contributed by atoms with Gasteiger partial charge in [0.05, 0.1) is 6.10 Å². The van der Waals surface area contributed by atoms with Gasteiger partial charge in [-0.15, -0.1) is 0 Å². The van der Waals surface area contributed by atoms with Crippen LogP contribution in [0.5, 0.6) is 0 Å². The predicted octanol–water partition coefficient (Wildman–Crippen LogP) is 1.45. The van der Waals surface area contributed by atoms with Crippen molar-refractivity contribution in [3.05, 3.63) is 0 Å². The van der Waals surface area contributed by atoms with Crippen molar-refractivity contribution in [3.63, 3.8) is 0 Å². The molecule has 0 aromatic carbocycles. The second kappa shape index (κ2) is 11.1. The van der Waals surface area contributed by atoms with Crippen LogP contribution in [0, 0.1) is 0 Å². The van der Waals surface area contributed by atoms with Gasteiger partial charge >= 0.3 is 17.9 Å². The van der Waals surface area contributed by atoms with Crippen molar-refractivity contribution in [2.75, 3.05) is 0 Å². The topological polar surface area (TPSA) is 99.1 Å². The molecular formula is C14H28O7. The Bertz CT molecular complexity index is 336. The molecular weight excluding hydrogens is 280 g/mol. The lowest BCUT2D eigenvalue weighted by atomic mass is 10.3. The monoisotopic (exact) mass is 308 g/mol. The molecule has 3 atom stereocenters. The Morgan fingerprint density at radius 3 is 1.38 bits per heavy atom. The van der Waals surface area contributed by atoms with Crippen molar-refractivity contribution in [2.45, 2.75) is 73.9 Å². The van der Waals surface area contributed by atoms with Crippen LogP contribution in [0.1, 0.15) is 49.5 Å². The standard InChI is InChI=1S/C12H20O7.2CH4/c1-6(2)17-11(15)8(4)19-12(16)9(5)18-10(14)7(3)13;;/h6-9,13H,1-5H3;2*1H4. The summed E-state index contributed by atoms with van der Waals surface area (Å²) in [7, 11) is 0. The molecule has 0 aliphatic rings. The van der Waals surface area contributed by atoms with E-state index in [1.807, 2.05) is 0 Å². The van der Waals surface area contributed by atoms with Crippen molar-refractivity contribution in [2.24, 2.45) is 0 Å². The highest BCUT2D eigenvalue weighted by Crippen LogP contribution is 2.04. The number of hydrogen-bond donors (Lipinski definition) is 1. The highest BCUT2D eigenvalue weighted by molar-refractivity contribution is 5.83. The third-order valence-corrected chi connectivity index (χ3v) is 1.94. The Labute approximate surface area is 126 Å². The normalized spacial score (nSPS) is 13.9. The summed E-state index contributed by atoms with van der Waals surface area (Å²) in [5, 5.41) is 8.92. The maximum atomic E-state index is 11.5. The first-order chi connectivity index (χ1) is 8.65. The molecule has 0 heterocycles. The van der Waals surface area contributed by atoms with Gasteiger partial charge in [0, 0.05) is 0 Å². The van der Waals surface area contributed by atoms with E-state index in [0.717, 1.165) is 0 Å². The lowest BCUT2D eigenvalue weighted by Gasteiger charge is -2.18. The van der Waals surface area contributed by atoms with Crippen LogP contribution in [0.4, 0.5) is 0 Å². The summed E-state index contributed by atoms with van der Waals surface area (Å²) < 4.78 is 14.3. The molecule has 7 nitrogen and oxygen atoms in total. The van der Waals surface area contributed by atoms with Gasteiger partial charge in [0.1, 0.15) is 6.10 Å². The third kappa shape index (κ3) is 9.84. The number of carbonyl (C=O) groups excluding carboxylic acids is 3. The largest absolute Gasteiger partial charge is 0.460 e. The van der Waals surface area contributed by atoms with Crippen LogP contribution in [0.25, 0.3) is 0 Å². The second-order valence-corrected chi connectivity index (χ2v) is 4.32. The molecule has 0 spiro atoms. The first kappa shape index (κ1) is 24.4. The van der Waals surface area contributed by atoms with Crippen LogP contribution < -0.4 is 0 Å². The molecule has 0 aromatic rings. The quantitative estimate of drug-likeness (QED) is 0.585. The Hall–Kier alpha value is -1.63. The zero-order valence-corrected chi connectivity index (χ0v) is 11.7. The number of rotatable bonds is 6. The van der Waals surface area contributed by atoms with E-state index in [9.17, 15) is 14.4 Å². The minimum atomic E-state index is -1.33. The predicted molar refractivity (Wildman–Crippen MR) is 77.5 cm³/mol. The Kier molecular flexibility index (Phi) is 12.9. The van der Waals surface area contributed by atoms with Gasteiger partial charge in [-0.1, -0.05) is 14.9 Å². The van der Waals surface area contributed by atoms with Crippen LogP contribution in [0.2, 0.25) is 0 Å². The maximum absolute atomic E-state index is 11.5. The van der Waals surface area contributed by atoms with Crippen LogP contribution >= 0.6 is 0 Å². The van der Waals surface area contributed by atoms with Gasteiger partial charge in [-0.3, -0.25) is 0 Å². The summed E-state index contributed by atoms with van der Waals surface area (Å²) in [5.41, 5.74) is 0. The average molecular weight is 308 g/mol. The fourth-order valence-corrected chi connectivity index (χ4v) is 0.967. The lowest BCUT2D eigenvalue weighted by molar-refractivity contribution is -0.180. The van der Waals surface area contributed by atoms with Gasteiger partial charge in [-0.05, 0) is 34.6 Å². The number of hydrogen-bond acceptors (Lipinski definition) is 7. The molecule has 0 aliphatic carbocycles. The molecule has 0 saturated carbocycles. The van der Waals surface area contributed by atoms with Gasteiger partial charge < -0.3 is 19.3 Å². The lowest BCUT2D eigenvalue weighted by Crippen LogP contribution is -2.35. The highest BCUT2D eigenvalue weighted by atomic mass is 16.6. The minimum absolute atomic E-state index is 0. The van der Waals surface area contributed by atoms with Gasteiger partial charge in [-0.2, -0.15) is 0 Å². The zero-order chi connectivity index (χ0) is 15.2. The van der Waals surface area contributed by atoms with Crippen molar-refractivity contribution >= 4 is 17.9 Å². The van der Waals surface area contributed by atoms with Crippen molar-refractivity contribution in [1.29, 1.82) is 0 Å². The molecule has 1 N–H and O–H groups in total. The molecule has 21 heavy (non-hydrogen) atoms. The molecule has 0 bridgehead atoms. The number of ether oxygens (including phenoxy) is 3. The number of esters is 3. The summed E-state index contributed by atoms with van der Waals surface area (Å²) in [6.45, 7) is 7.18. The SMILES string of the molecule is C.C.CC(C)OC(=O)C(C)OC(=O)C(C)OC(=O)C(C)O. The molecule has 126 valence electrons. The average Bonchev–Trinajstić information content (AvgIpc) is 2.27. The van der Waals surface area contributed by atoms with Crippen LogP contribution in [0.3, 0.4) is 0 Å². The molecule has 0 aliphatic heterocycles. The molecule has 3 unspecified atom stereocenters. The van der Waals surface area contributed by atoms with Crippen LogP contribution in [0.15, 0.2) is 0 Å². The van der Waals surface area contributed by atoms with E-state index in [2.05, 4.69) is 4.74 Å². The van der Waals surface area contributed by atoms with Gasteiger partial charge in [-0.25, -0.2) is 14.4 Å². The van der Waals surface area contributed by atoms with Crippen molar-refractivity contribution in [3.8, 4) is 0 Å². The first-order valence-electron chi connectivity index (χ1n) is 5.94. The van der Waals surface area contributed by atoms with Gasteiger partial charge in [0.2, 0.25) is 0 Å². The molecule has 0 rings (SSSR count). The molecule has 0 fully saturated rings. The van der Waals surface area contributed by atoms with E-state index in [0.29, 0.717) is 0 Å². The van der Waals surface area contributed by atoms with E-state index in [1.165, 1.54) is 20.8 Å². The number of aliphatic hydroxyl groups is 1. The fourth-order valence-electron chi connectivity index (χ4n) is 0.967. The maximum Gasteiger partial charge on any atom is 0.347 e. The van der Waals surface area contributed by atoms with Gasteiger partial charge in [0.15, 0.2) is 12.2 Å². The molecule has 0 amide bonds. The summed E-state index contributed by atoms with van der Waals surface area (Å²) in [4.78, 5) is 34.0. The van der Waals surface area contributed by atoms with Gasteiger partial charge in [0.25, 0.3) is 0 Å². The summed E-state index contributed by atoms with van der Waals surface area (Å²) >= 11 is 0. The summed E-state index contributed by atoms with van der Waals surface area (Å²) in [5.74, 6) is -2.51. The van der Waals surface area contributed by atoms with E-state index < -0.39 is 36.2 Å². The zero-order valence-electron chi connectivity index (χ0n) is 11.7. The minimum Gasteiger partial charge on any atom is -0.460 e. The number of aliphatic hydroxyl groups excluding tert-OH is 1. The third-order valence-electron chi connectivity index (χ3n) is 1.94. The Morgan fingerprint density at radius 2 is 1.05 bits per heavy atom. The molecule has 7 heteroatoms. The number of carbonyl (C=O) groups is 3. The second-order valence-electron chi connectivity index (χ2n) is 4.32. The fraction of sp³-hybridized carbons (Fsp3) is 0.786. The summed E-state index contributed by atoms with van der Waals surface area (Å²) in [6, 6.07) is 0. The van der Waals surface area contributed by atoms with Crippen molar-refractivity contribution < 1.29 is 33.7 Å². The van der Waals surface area contributed by atoms with Crippen molar-refractivity contribution in [1.82, 2.24) is 0 Å². The van der Waals surface area contributed by atoms with E-state index in [1.54, 1.807) is 13.8 Å². The first-order valence-corrected chi connectivity index (χ1v) is 5.94. The Balaban J connectivity index is -0.00000162. The Morgan fingerprint density at radius 1 is 0.714 bits per heavy atom. The van der Waals surface area contributed by atoms with E-state index in [-0.39, 0.29) is 21.0 Å². The molecule has 0 aromatic heterocycles. The summed E-state index contributed by atoms with van der Waals surface area (Å²) in [6.07, 6.45) is -3.96. The van der Waals surface area contributed by atoms with E-state index in [4.69, 9.17) is 14.6 Å². The highest BCUT2D eigenvalue weighted by Gasteiger charge is 2.26. The van der Waals surface area contributed by atoms with Crippen LogP contribution in [-0.4, -0.2) is 47.4 Å². The van der Waals surface area contributed by atoms with Crippen LogP contribution in [-0.2, 0) is 28.6 Å². The molecule has 0 saturated heterocycles. The molecule has 0 radical (unpaired) electrons.